The van der Waals surface area contributed by atoms with Gasteiger partial charge < -0.3 is 20.2 Å². The molecule has 0 aliphatic carbocycles. The highest BCUT2D eigenvalue weighted by Crippen LogP contribution is 2.21. The zero-order valence-electron chi connectivity index (χ0n) is 20.7. The minimum atomic E-state index is -4.15. The fourth-order valence-corrected chi connectivity index (χ4v) is 5.93. The van der Waals surface area contributed by atoms with Gasteiger partial charge in [-0.25, -0.2) is 8.42 Å². The number of benzene rings is 3. The molecule has 10 nitrogen and oxygen atoms in total. The van der Waals surface area contributed by atoms with Crippen LogP contribution in [0, 0.1) is 0 Å². The normalized spacial score (nSPS) is 16.7. The summed E-state index contributed by atoms with van der Waals surface area (Å²) in [4.78, 5) is 32.9. The van der Waals surface area contributed by atoms with E-state index in [1.54, 1.807) is 23.1 Å². The lowest BCUT2D eigenvalue weighted by Gasteiger charge is -2.36. The van der Waals surface area contributed by atoms with Crippen molar-refractivity contribution in [3.8, 4) is 0 Å². The van der Waals surface area contributed by atoms with E-state index >= 15 is 0 Å². The van der Waals surface area contributed by atoms with Crippen LogP contribution in [0.4, 0.5) is 5.69 Å². The number of amides is 1. The van der Waals surface area contributed by atoms with Crippen LogP contribution < -0.4 is 14.9 Å². The molecule has 0 radical (unpaired) electrons. The number of piperazine rings is 1. The molecule has 11 heteroatoms. The topological polar surface area (TPSA) is 131 Å². The number of aliphatic carboxylic acids is 1. The Bertz CT molecular complexity index is 1480. The number of carboxylic acids is 1. The highest BCUT2D eigenvalue weighted by molar-refractivity contribution is 7.89. The third kappa shape index (κ3) is 5.63. The van der Waals surface area contributed by atoms with Gasteiger partial charge >= 0.3 is 5.97 Å². The summed E-state index contributed by atoms with van der Waals surface area (Å²) >= 11 is 0. The Morgan fingerprint density at radius 1 is 0.974 bits per heavy atom. The van der Waals surface area contributed by atoms with Crippen molar-refractivity contribution in [2.24, 2.45) is 4.99 Å². The van der Waals surface area contributed by atoms with Crippen molar-refractivity contribution in [1.29, 1.82) is 0 Å². The lowest BCUT2D eigenvalue weighted by atomic mass is 10.1. The Hall–Kier alpha value is -3.96. The number of anilines is 1. The molecule has 2 aliphatic heterocycles. The molecule has 1 unspecified atom stereocenters. The summed E-state index contributed by atoms with van der Waals surface area (Å²) in [5, 5.41) is 14.5. The highest BCUT2D eigenvalue weighted by Gasteiger charge is 2.31. The zero-order valence-corrected chi connectivity index (χ0v) is 21.5. The van der Waals surface area contributed by atoms with Crippen LogP contribution in [-0.4, -0.2) is 81.4 Å². The number of hydrogen-bond acceptors (Lipinski definition) is 7. The maximum absolute atomic E-state index is 12.9. The number of sulfonamides is 1. The molecular formula is C27H29N5O5S. The van der Waals surface area contributed by atoms with E-state index in [0.717, 1.165) is 40.9 Å². The summed E-state index contributed by atoms with van der Waals surface area (Å²) in [5.41, 5.74) is 2.07. The van der Waals surface area contributed by atoms with Crippen molar-refractivity contribution < 1.29 is 23.1 Å². The maximum atomic E-state index is 12.9. The maximum Gasteiger partial charge on any atom is 0.322 e. The van der Waals surface area contributed by atoms with Crippen LogP contribution in [0.1, 0.15) is 12.0 Å². The summed E-state index contributed by atoms with van der Waals surface area (Å²) in [5.74, 6) is -0.905. The third-order valence-corrected chi connectivity index (χ3v) is 8.29. The Kier molecular flexibility index (Phi) is 7.30. The third-order valence-electron chi connectivity index (χ3n) is 6.82. The standard InChI is InChI=1S/C27H29N5O5S/c33-25(32-15-13-31(14-16-32)22-8-5-20(6-9-22)26-28-11-12-29-26)18-24(27(34)35)30-38(36,37)23-10-7-19-3-1-2-4-21(19)17-23/h1-10,17,24,30H,11-16,18H2,(H,28,29)(H,34,35). The molecule has 3 aromatic rings. The molecule has 1 fully saturated rings. The lowest BCUT2D eigenvalue weighted by Crippen LogP contribution is -2.51. The van der Waals surface area contributed by atoms with Crippen molar-refractivity contribution in [3.05, 3.63) is 72.3 Å². The number of aliphatic imine (C=N–C) groups is 1. The summed E-state index contributed by atoms with van der Waals surface area (Å²) in [6.07, 6.45) is -0.466. The zero-order chi connectivity index (χ0) is 26.7. The number of amidine groups is 1. The highest BCUT2D eigenvalue weighted by atomic mass is 32.2. The molecule has 0 spiro atoms. The predicted molar refractivity (Wildman–Crippen MR) is 145 cm³/mol. The van der Waals surface area contributed by atoms with Gasteiger partial charge in [0.2, 0.25) is 15.9 Å². The van der Waals surface area contributed by atoms with Gasteiger partial charge in [0.1, 0.15) is 11.9 Å². The number of nitrogens with zero attached hydrogens (tertiary/aromatic N) is 3. The molecule has 5 rings (SSSR count). The Labute approximate surface area is 221 Å². The first kappa shape index (κ1) is 25.7. The van der Waals surface area contributed by atoms with Gasteiger partial charge in [0.05, 0.1) is 17.9 Å². The van der Waals surface area contributed by atoms with Crippen molar-refractivity contribution >= 4 is 44.2 Å². The van der Waals surface area contributed by atoms with Crippen LogP contribution >= 0.6 is 0 Å². The smallest absolute Gasteiger partial charge is 0.322 e. The van der Waals surface area contributed by atoms with Gasteiger partial charge in [-0.15, -0.1) is 0 Å². The second-order valence-electron chi connectivity index (χ2n) is 9.30. The molecular weight excluding hydrogens is 506 g/mol. The number of carboxylic acid groups (broad SMARTS) is 1. The average molecular weight is 536 g/mol. The largest absolute Gasteiger partial charge is 0.480 e. The second-order valence-corrected chi connectivity index (χ2v) is 11.0. The molecule has 1 atom stereocenters. The molecule has 2 aliphatic rings. The van der Waals surface area contributed by atoms with Crippen molar-refractivity contribution in [3.63, 3.8) is 0 Å². The monoisotopic (exact) mass is 535 g/mol. The molecule has 0 aromatic heterocycles. The van der Waals surface area contributed by atoms with Gasteiger partial charge in [-0.3, -0.25) is 14.6 Å². The minimum Gasteiger partial charge on any atom is -0.480 e. The Morgan fingerprint density at radius 3 is 2.34 bits per heavy atom. The molecule has 0 saturated carbocycles. The molecule has 2 heterocycles. The average Bonchev–Trinajstić information content (AvgIpc) is 3.48. The first-order chi connectivity index (χ1) is 18.3. The Balaban J connectivity index is 1.19. The van der Waals surface area contributed by atoms with E-state index in [1.807, 2.05) is 36.4 Å². The van der Waals surface area contributed by atoms with E-state index in [2.05, 4.69) is 19.9 Å². The van der Waals surface area contributed by atoms with Crippen LogP contribution in [0.2, 0.25) is 0 Å². The molecule has 1 saturated heterocycles. The van der Waals surface area contributed by atoms with Crippen LogP contribution in [0.3, 0.4) is 0 Å². The fraction of sp³-hybridized carbons (Fsp3) is 0.296. The summed E-state index contributed by atoms with van der Waals surface area (Å²) in [7, 11) is -4.15. The van der Waals surface area contributed by atoms with E-state index in [1.165, 1.54) is 12.1 Å². The number of carbonyl (C=O) groups is 2. The minimum absolute atomic E-state index is 0.0506. The van der Waals surface area contributed by atoms with Crippen molar-refractivity contribution in [1.82, 2.24) is 14.9 Å². The molecule has 198 valence electrons. The van der Waals surface area contributed by atoms with Crippen molar-refractivity contribution in [2.45, 2.75) is 17.4 Å². The number of nitrogens with one attached hydrogen (secondary N) is 2. The summed E-state index contributed by atoms with van der Waals surface area (Å²) in [6.45, 7) is 3.63. The Morgan fingerprint density at radius 2 is 1.68 bits per heavy atom. The van der Waals surface area contributed by atoms with E-state index in [-0.39, 0.29) is 4.90 Å². The van der Waals surface area contributed by atoms with E-state index in [4.69, 9.17) is 0 Å². The van der Waals surface area contributed by atoms with Gasteiger partial charge in [-0.05, 0) is 47.2 Å². The van der Waals surface area contributed by atoms with Gasteiger partial charge in [-0.2, -0.15) is 4.72 Å². The van der Waals surface area contributed by atoms with Gasteiger partial charge in [0, 0.05) is 44.0 Å². The van der Waals surface area contributed by atoms with Crippen LogP contribution in [0.15, 0.2) is 76.6 Å². The molecule has 1 amide bonds. The lowest BCUT2D eigenvalue weighted by molar-refractivity contribution is -0.143. The van der Waals surface area contributed by atoms with Gasteiger partial charge in [-0.1, -0.05) is 30.3 Å². The number of hydrogen-bond donors (Lipinski definition) is 3. The van der Waals surface area contributed by atoms with E-state index in [9.17, 15) is 23.1 Å². The van der Waals surface area contributed by atoms with Crippen LogP contribution in [0.25, 0.3) is 10.8 Å². The second kappa shape index (κ2) is 10.8. The molecule has 0 bridgehead atoms. The first-order valence-corrected chi connectivity index (χ1v) is 13.9. The van der Waals surface area contributed by atoms with Crippen LogP contribution in [0.5, 0.6) is 0 Å². The quantitative estimate of drug-likeness (QED) is 0.400. The first-order valence-electron chi connectivity index (χ1n) is 12.5. The molecule has 38 heavy (non-hydrogen) atoms. The van der Waals surface area contributed by atoms with E-state index in [0.29, 0.717) is 26.2 Å². The number of carbonyl (C=O) groups excluding carboxylic acids is 1. The SMILES string of the molecule is O=C(O)C(CC(=O)N1CCN(c2ccc(C3=NCCN3)cc2)CC1)NS(=O)(=O)c1ccc2ccccc2c1. The van der Waals surface area contributed by atoms with Crippen LogP contribution in [-0.2, 0) is 19.6 Å². The number of fused-ring (bicyclic) bond motifs is 1. The van der Waals surface area contributed by atoms with E-state index < -0.39 is 34.4 Å². The predicted octanol–water partition coefficient (Wildman–Crippen LogP) is 1.66. The summed E-state index contributed by atoms with van der Waals surface area (Å²) in [6, 6.07) is 18.4. The van der Waals surface area contributed by atoms with Gasteiger partial charge in [0.15, 0.2) is 0 Å². The number of rotatable bonds is 8. The van der Waals surface area contributed by atoms with Crippen molar-refractivity contribution in [2.75, 3.05) is 44.2 Å². The molecule has 3 N–H and O–H groups in total. The van der Waals surface area contributed by atoms with Gasteiger partial charge in [0.25, 0.3) is 0 Å². The molecule has 3 aromatic carbocycles. The summed E-state index contributed by atoms with van der Waals surface area (Å²) < 4.78 is 28.1. The fourth-order valence-electron chi connectivity index (χ4n) is 4.71.